The Balaban J connectivity index is 1.48. The highest BCUT2D eigenvalue weighted by Crippen LogP contribution is 2.36. The maximum atomic E-state index is 2.53. The molecule has 0 bridgehead atoms. The van der Waals surface area contributed by atoms with Crippen LogP contribution in [0.25, 0.3) is 64.6 Å². The average Bonchev–Trinajstić information content (AvgIpc) is 2.90. The van der Waals surface area contributed by atoms with E-state index in [2.05, 4.69) is 122 Å². The van der Waals surface area contributed by atoms with Gasteiger partial charge in [-0.3, -0.25) is 0 Å². The first kappa shape index (κ1) is 19.4. The molecule has 0 aromatic heterocycles. The highest BCUT2D eigenvalue weighted by atomic mass is 28.3. The predicted octanol–water partition coefficient (Wildman–Crippen LogP) is 8.30. The van der Waals surface area contributed by atoms with Gasteiger partial charge in [0.1, 0.15) is 8.07 Å². The monoisotopic (exact) mass is 460 g/mol. The molecule has 8 aromatic carbocycles. The van der Waals surface area contributed by atoms with Crippen molar-refractivity contribution in [3.05, 3.63) is 109 Å². The Morgan fingerprint density at radius 2 is 0.657 bits per heavy atom. The summed E-state index contributed by atoms with van der Waals surface area (Å²) < 4.78 is 0. The van der Waals surface area contributed by atoms with Crippen molar-refractivity contribution < 1.29 is 0 Å². The lowest BCUT2D eigenvalue weighted by Crippen LogP contribution is -2.53. The van der Waals surface area contributed by atoms with Gasteiger partial charge in [-0.2, -0.15) is 0 Å². The second-order valence-corrected chi connectivity index (χ2v) is 14.9. The van der Waals surface area contributed by atoms with Crippen LogP contribution in [-0.2, 0) is 0 Å². The van der Waals surface area contributed by atoms with Crippen LogP contribution in [0.2, 0.25) is 13.1 Å². The fourth-order valence-electron chi connectivity index (χ4n) is 6.71. The third-order valence-electron chi connectivity index (χ3n) is 8.40. The van der Waals surface area contributed by atoms with Gasteiger partial charge >= 0.3 is 0 Å². The van der Waals surface area contributed by atoms with E-state index in [0.29, 0.717) is 0 Å². The summed E-state index contributed by atoms with van der Waals surface area (Å²) in [6, 6.07) is 41.4. The Kier molecular flexibility index (Phi) is 3.65. The average molecular weight is 461 g/mol. The minimum atomic E-state index is -2.04. The largest absolute Gasteiger partial charge is 0.113 e. The molecule has 0 fully saturated rings. The number of hydrogen-bond acceptors (Lipinski definition) is 0. The Morgan fingerprint density at radius 1 is 0.343 bits per heavy atom. The van der Waals surface area contributed by atoms with Crippen molar-refractivity contribution in [2.45, 2.75) is 13.1 Å². The van der Waals surface area contributed by atoms with Gasteiger partial charge in [0.2, 0.25) is 0 Å². The van der Waals surface area contributed by atoms with Gasteiger partial charge in [-0.05, 0) is 75.0 Å². The van der Waals surface area contributed by atoms with Crippen molar-refractivity contribution in [2.24, 2.45) is 0 Å². The van der Waals surface area contributed by atoms with E-state index in [1.54, 1.807) is 0 Å². The normalized spacial score (nSPS) is 12.9. The summed E-state index contributed by atoms with van der Waals surface area (Å²) in [6.07, 6.45) is 0. The second kappa shape index (κ2) is 6.59. The fraction of sp³-hybridized carbons (Fsp3) is 0.0588. The first-order valence-corrected chi connectivity index (χ1v) is 15.5. The zero-order chi connectivity index (χ0) is 23.3. The highest BCUT2D eigenvalue weighted by molar-refractivity contribution is 7.03. The van der Waals surface area contributed by atoms with E-state index >= 15 is 0 Å². The van der Waals surface area contributed by atoms with Crippen LogP contribution in [0.5, 0.6) is 0 Å². The molecule has 0 aliphatic rings. The molecule has 0 radical (unpaired) electrons. The van der Waals surface area contributed by atoms with E-state index in [1.165, 1.54) is 75.0 Å². The molecule has 0 aliphatic carbocycles. The molecule has 1 heteroatoms. The zero-order valence-corrected chi connectivity index (χ0v) is 20.9. The Hall–Kier alpha value is -3.94. The molecule has 8 rings (SSSR count). The van der Waals surface area contributed by atoms with Crippen LogP contribution in [0.15, 0.2) is 109 Å². The van der Waals surface area contributed by atoms with Crippen LogP contribution in [0, 0.1) is 0 Å². The lowest BCUT2D eigenvalue weighted by atomic mass is 9.94. The van der Waals surface area contributed by atoms with Gasteiger partial charge in [0.15, 0.2) is 0 Å². The van der Waals surface area contributed by atoms with Gasteiger partial charge in [0.05, 0.1) is 0 Å². The molecule has 0 atom stereocenters. The number of rotatable bonds is 2. The second-order valence-electron chi connectivity index (χ2n) is 10.6. The van der Waals surface area contributed by atoms with Gasteiger partial charge in [-0.25, -0.2) is 0 Å². The summed E-state index contributed by atoms with van der Waals surface area (Å²) in [5, 5.41) is 19.6. The molecule has 164 valence electrons. The first-order chi connectivity index (χ1) is 17.1. The summed E-state index contributed by atoms with van der Waals surface area (Å²) in [5.41, 5.74) is 0. The molecule has 0 saturated heterocycles. The molecule has 8 aromatic rings. The summed E-state index contributed by atoms with van der Waals surface area (Å²) in [5.74, 6) is 0. The standard InChI is InChI=1S/C34H24Si/c1-35(2,29-19-15-25-11-9-21-5-3-7-23-13-17-27(29)33(25)31(21)23)30-20-16-26-12-10-22-6-4-8-24-14-18-28(30)34(26)32(22)24/h3-20H,1-2H3. The summed E-state index contributed by atoms with van der Waals surface area (Å²) in [4.78, 5) is 0. The Bertz CT molecular complexity index is 1900. The van der Waals surface area contributed by atoms with Crippen LogP contribution >= 0.6 is 0 Å². The Morgan fingerprint density at radius 3 is 1.06 bits per heavy atom. The van der Waals surface area contributed by atoms with Crippen molar-refractivity contribution >= 4 is 83.1 Å². The van der Waals surface area contributed by atoms with Gasteiger partial charge in [-0.1, -0.05) is 122 Å². The van der Waals surface area contributed by atoms with Crippen molar-refractivity contribution in [1.82, 2.24) is 0 Å². The summed E-state index contributed by atoms with van der Waals surface area (Å²) in [6.45, 7) is 5.07. The minimum absolute atomic E-state index is 1.33. The molecule has 0 nitrogen and oxygen atoms in total. The SMILES string of the molecule is C[Si](C)(c1ccc2ccc3cccc4ccc1c2c34)c1ccc2ccc3cccc4ccc1c2c34. The van der Waals surface area contributed by atoms with Gasteiger partial charge in [0, 0.05) is 0 Å². The smallest absolute Gasteiger partial charge is 0.0616 e. The molecular formula is C34H24Si. The molecule has 0 heterocycles. The van der Waals surface area contributed by atoms with Gasteiger partial charge < -0.3 is 0 Å². The third kappa shape index (κ3) is 2.46. The zero-order valence-electron chi connectivity index (χ0n) is 19.9. The van der Waals surface area contributed by atoms with Crippen LogP contribution in [-0.4, -0.2) is 8.07 Å². The van der Waals surface area contributed by atoms with E-state index in [1.807, 2.05) is 0 Å². The molecule has 0 aliphatic heterocycles. The predicted molar refractivity (Wildman–Crippen MR) is 157 cm³/mol. The number of benzene rings is 8. The molecule has 0 amide bonds. The minimum Gasteiger partial charge on any atom is -0.0616 e. The molecular weight excluding hydrogens is 436 g/mol. The third-order valence-corrected chi connectivity index (χ3v) is 12.0. The van der Waals surface area contributed by atoms with Crippen molar-refractivity contribution in [1.29, 1.82) is 0 Å². The highest BCUT2D eigenvalue weighted by Gasteiger charge is 2.31. The Labute approximate surface area is 205 Å². The maximum Gasteiger partial charge on any atom is 0.113 e. The number of hydrogen-bond donors (Lipinski definition) is 0. The maximum absolute atomic E-state index is 2.53. The van der Waals surface area contributed by atoms with E-state index in [-0.39, 0.29) is 0 Å². The van der Waals surface area contributed by atoms with Crippen LogP contribution in [0.4, 0.5) is 0 Å². The first-order valence-electron chi connectivity index (χ1n) is 12.5. The molecule has 0 spiro atoms. The van der Waals surface area contributed by atoms with Crippen molar-refractivity contribution in [3.8, 4) is 0 Å². The van der Waals surface area contributed by atoms with E-state index in [0.717, 1.165) is 0 Å². The summed E-state index contributed by atoms with van der Waals surface area (Å²) >= 11 is 0. The quantitative estimate of drug-likeness (QED) is 0.180. The topological polar surface area (TPSA) is 0 Å². The van der Waals surface area contributed by atoms with Gasteiger partial charge in [0.25, 0.3) is 0 Å². The van der Waals surface area contributed by atoms with Crippen LogP contribution in [0.3, 0.4) is 0 Å². The van der Waals surface area contributed by atoms with E-state index in [9.17, 15) is 0 Å². The molecule has 0 saturated carbocycles. The fourth-order valence-corrected chi connectivity index (χ4v) is 9.76. The molecule has 35 heavy (non-hydrogen) atoms. The van der Waals surface area contributed by atoms with Crippen LogP contribution < -0.4 is 10.4 Å². The van der Waals surface area contributed by atoms with Crippen molar-refractivity contribution in [3.63, 3.8) is 0 Å². The van der Waals surface area contributed by atoms with Crippen molar-refractivity contribution in [2.75, 3.05) is 0 Å². The summed E-state index contributed by atoms with van der Waals surface area (Å²) in [7, 11) is -2.04. The van der Waals surface area contributed by atoms with E-state index in [4.69, 9.17) is 0 Å². The molecule has 0 N–H and O–H groups in total. The lowest BCUT2D eigenvalue weighted by molar-refractivity contribution is 1.74. The van der Waals surface area contributed by atoms with Gasteiger partial charge in [-0.15, -0.1) is 0 Å². The van der Waals surface area contributed by atoms with E-state index < -0.39 is 8.07 Å². The lowest BCUT2D eigenvalue weighted by Gasteiger charge is -2.28. The molecule has 0 unspecified atom stereocenters. The van der Waals surface area contributed by atoms with Crippen LogP contribution in [0.1, 0.15) is 0 Å².